The highest BCUT2D eigenvalue weighted by molar-refractivity contribution is 14.1. The van der Waals surface area contributed by atoms with Crippen LogP contribution in [0.4, 0.5) is 0 Å². The molecule has 0 radical (unpaired) electrons. The third-order valence-corrected chi connectivity index (χ3v) is 3.21. The van der Waals surface area contributed by atoms with Gasteiger partial charge < -0.3 is 0 Å². The summed E-state index contributed by atoms with van der Waals surface area (Å²) in [6.07, 6.45) is 2.64. The third kappa shape index (κ3) is 2.74. The zero-order valence-corrected chi connectivity index (χ0v) is 11.7. The van der Waals surface area contributed by atoms with Gasteiger partial charge in [0.2, 0.25) is 5.78 Å². The third-order valence-electron chi connectivity index (χ3n) is 2.49. The van der Waals surface area contributed by atoms with Crippen LogP contribution in [-0.4, -0.2) is 15.6 Å². The lowest BCUT2D eigenvalue weighted by molar-refractivity contribution is 0.102. The number of carbonyl (C=O) groups excluding carboxylic acids is 1. The van der Waals surface area contributed by atoms with Crippen LogP contribution in [0.3, 0.4) is 0 Å². The Balaban J connectivity index is 2.30. The monoisotopic (exact) mass is 340 g/mol. The molecule has 3 nitrogen and oxygen atoms in total. The molecule has 2 rings (SSSR count). The van der Waals surface area contributed by atoms with E-state index in [0.717, 1.165) is 16.5 Å². The van der Waals surface area contributed by atoms with Crippen LogP contribution >= 0.6 is 22.6 Å². The molecule has 0 fully saturated rings. The van der Waals surface area contributed by atoms with E-state index in [0.29, 0.717) is 11.3 Å². The minimum absolute atomic E-state index is 0.0346. The summed E-state index contributed by atoms with van der Waals surface area (Å²) in [6, 6.07) is 9.36. The summed E-state index contributed by atoms with van der Waals surface area (Å²) in [4.78, 5) is 12.3. The SMILES string of the molecule is CCCn1nccc1C(=O)c1ccc(I)cc1. The van der Waals surface area contributed by atoms with E-state index < -0.39 is 0 Å². The average molecular weight is 340 g/mol. The summed E-state index contributed by atoms with van der Waals surface area (Å²) < 4.78 is 2.89. The molecular formula is C13H13IN2O. The van der Waals surface area contributed by atoms with Crippen LogP contribution in [0.15, 0.2) is 36.5 Å². The fraction of sp³-hybridized carbons (Fsp3) is 0.231. The number of ketones is 1. The lowest BCUT2D eigenvalue weighted by Gasteiger charge is -2.05. The number of benzene rings is 1. The Morgan fingerprint density at radius 3 is 2.65 bits per heavy atom. The standard InChI is InChI=1S/C13H13IN2O/c1-2-9-16-12(7-8-15-16)13(17)10-3-5-11(14)6-4-10/h3-8H,2,9H2,1H3. The predicted molar refractivity (Wildman–Crippen MR) is 75.1 cm³/mol. The second kappa shape index (κ2) is 5.44. The van der Waals surface area contributed by atoms with Crippen LogP contribution in [0.25, 0.3) is 0 Å². The van der Waals surface area contributed by atoms with Crippen molar-refractivity contribution in [3.63, 3.8) is 0 Å². The van der Waals surface area contributed by atoms with Gasteiger partial charge in [0.25, 0.3) is 0 Å². The van der Waals surface area contributed by atoms with Gasteiger partial charge in [-0.2, -0.15) is 5.10 Å². The smallest absolute Gasteiger partial charge is 0.211 e. The molecule has 0 aliphatic heterocycles. The largest absolute Gasteiger partial charge is 0.287 e. The fourth-order valence-corrected chi connectivity index (χ4v) is 2.02. The maximum atomic E-state index is 12.3. The van der Waals surface area contributed by atoms with Crippen molar-refractivity contribution in [2.45, 2.75) is 19.9 Å². The Morgan fingerprint density at radius 2 is 2.00 bits per heavy atom. The highest BCUT2D eigenvalue weighted by Gasteiger charge is 2.13. The number of aryl methyl sites for hydroxylation is 1. The summed E-state index contributed by atoms with van der Waals surface area (Å²) in [5.74, 6) is 0.0346. The van der Waals surface area contributed by atoms with Crippen molar-refractivity contribution in [2.75, 3.05) is 0 Å². The van der Waals surface area contributed by atoms with Crippen molar-refractivity contribution in [1.82, 2.24) is 9.78 Å². The lowest BCUT2D eigenvalue weighted by atomic mass is 10.1. The van der Waals surface area contributed by atoms with E-state index in [4.69, 9.17) is 0 Å². The zero-order chi connectivity index (χ0) is 12.3. The first-order chi connectivity index (χ1) is 8.22. The Bertz CT molecular complexity index is 516. The number of hydrogen-bond donors (Lipinski definition) is 0. The molecule has 0 saturated heterocycles. The van der Waals surface area contributed by atoms with Crippen LogP contribution < -0.4 is 0 Å². The molecule has 1 aromatic heterocycles. The van der Waals surface area contributed by atoms with Crippen LogP contribution in [0.2, 0.25) is 0 Å². The highest BCUT2D eigenvalue weighted by atomic mass is 127. The van der Waals surface area contributed by atoms with Gasteiger partial charge in [0.1, 0.15) is 5.69 Å². The van der Waals surface area contributed by atoms with Gasteiger partial charge in [-0.05, 0) is 59.3 Å². The van der Waals surface area contributed by atoms with Gasteiger partial charge in [-0.3, -0.25) is 9.48 Å². The summed E-state index contributed by atoms with van der Waals surface area (Å²) in [6.45, 7) is 2.85. The molecule has 0 saturated carbocycles. The first kappa shape index (κ1) is 12.3. The second-order valence-corrected chi connectivity index (χ2v) is 5.02. The van der Waals surface area contributed by atoms with Crippen molar-refractivity contribution < 1.29 is 4.79 Å². The molecule has 0 amide bonds. The Morgan fingerprint density at radius 1 is 1.29 bits per heavy atom. The highest BCUT2D eigenvalue weighted by Crippen LogP contribution is 2.12. The van der Waals surface area contributed by atoms with Gasteiger partial charge in [-0.15, -0.1) is 0 Å². The molecular weight excluding hydrogens is 327 g/mol. The number of hydrogen-bond acceptors (Lipinski definition) is 2. The zero-order valence-electron chi connectivity index (χ0n) is 9.56. The predicted octanol–water partition coefficient (Wildman–Crippen LogP) is 3.13. The molecule has 2 aromatic rings. The molecule has 0 aliphatic rings. The minimum atomic E-state index is 0.0346. The molecule has 0 N–H and O–H groups in total. The van der Waals surface area contributed by atoms with Crippen LogP contribution in [-0.2, 0) is 6.54 Å². The molecule has 4 heteroatoms. The molecule has 0 aliphatic carbocycles. The first-order valence-corrected chi connectivity index (χ1v) is 6.62. The Kier molecular flexibility index (Phi) is 3.93. The molecule has 17 heavy (non-hydrogen) atoms. The van der Waals surface area contributed by atoms with E-state index in [-0.39, 0.29) is 5.78 Å². The van der Waals surface area contributed by atoms with Gasteiger partial charge in [0.05, 0.1) is 0 Å². The molecule has 0 atom stereocenters. The van der Waals surface area contributed by atoms with Crippen molar-refractivity contribution in [1.29, 1.82) is 0 Å². The summed E-state index contributed by atoms with van der Waals surface area (Å²) in [5, 5.41) is 4.16. The maximum Gasteiger partial charge on any atom is 0.211 e. The van der Waals surface area contributed by atoms with Gasteiger partial charge in [-0.25, -0.2) is 0 Å². The molecule has 1 heterocycles. The summed E-state index contributed by atoms with van der Waals surface area (Å²) in [5.41, 5.74) is 1.37. The van der Waals surface area contributed by atoms with E-state index in [9.17, 15) is 4.79 Å². The van der Waals surface area contributed by atoms with E-state index in [2.05, 4.69) is 34.6 Å². The van der Waals surface area contributed by atoms with Crippen molar-refractivity contribution in [3.8, 4) is 0 Å². The fourth-order valence-electron chi connectivity index (χ4n) is 1.66. The average Bonchev–Trinajstić information content (AvgIpc) is 2.78. The number of carbonyl (C=O) groups is 1. The topological polar surface area (TPSA) is 34.9 Å². The molecule has 0 bridgehead atoms. The van der Waals surface area contributed by atoms with Crippen molar-refractivity contribution in [3.05, 3.63) is 51.4 Å². The van der Waals surface area contributed by atoms with E-state index in [1.54, 1.807) is 16.9 Å². The Labute approximate surface area is 114 Å². The first-order valence-electron chi connectivity index (χ1n) is 5.54. The number of halogens is 1. The summed E-state index contributed by atoms with van der Waals surface area (Å²) >= 11 is 2.22. The van der Waals surface area contributed by atoms with E-state index in [1.165, 1.54) is 0 Å². The quantitative estimate of drug-likeness (QED) is 0.633. The Hall–Kier alpha value is -1.17. The van der Waals surface area contributed by atoms with Gasteiger partial charge in [-0.1, -0.05) is 6.92 Å². The van der Waals surface area contributed by atoms with E-state index >= 15 is 0 Å². The molecule has 88 valence electrons. The molecule has 1 aromatic carbocycles. The van der Waals surface area contributed by atoms with Crippen molar-refractivity contribution in [2.24, 2.45) is 0 Å². The van der Waals surface area contributed by atoms with Gasteiger partial charge in [0, 0.05) is 21.9 Å². The minimum Gasteiger partial charge on any atom is -0.287 e. The van der Waals surface area contributed by atoms with Crippen LogP contribution in [0.5, 0.6) is 0 Å². The van der Waals surface area contributed by atoms with E-state index in [1.807, 2.05) is 24.3 Å². The normalized spacial score (nSPS) is 10.5. The number of rotatable bonds is 4. The second-order valence-electron chi connectivity index (χ2n) is 3.78. The lowest BCUT2D eigenvalue weighted by Crippen LogP contribution is -2.11. The maximum absolute atomic E-state index is 12.3. The summed E-state index contributed by atoms with van der Waals surface area (Å²) in [7, 11) is 0. The molecule has 0 unspecified atom stereocenters. The van der Waals surface area contributed by atoms with Crippen LogP contribution in [0, 0.1) is 3.57 Å². The number of aromatic nitrogens is 2. The van der Waals surface area contributed by atoms with Gasteiger partial charge >= 0.3 is 0 Å². The van der Waals surface area contributed by atoms with Gasteiger partial charge in [0.15, 0.2) is 0 Å². The van der Waals surface area contributed by atoms with Crippen LogP contribution in [0.1, 0.15) is 29.4 Å². The van der Waals surface area contributed by atoms with Crippen molar-refractivity contribution >= 4 is 28.4 Å². The number of nitrogens with zero attached hydrogens (tertiary/aromatic N) is 2. The molecule has 0 spiro atoms.